The molecule has 0 amide bonds. The Morgan fingerprint density at radius 3 is 2.67 bits per heavy atom. The minimum Gasteiger partial charge on any atom is -0.475 e. The van der Waals surface area contributed by atoms with E-state index in [4.69, 9.17) is 9.52 Å². The van der Waals surface area contributed by atoms with Crippen LogP contribution in [0.2, 0.25) is 0 Å². The van der Waals surface area contributed by atoms with Gasteiger partial charge >= 0.3 is 5.97 Å². The van der Waals surface area contributed by atoms with Crippen LogP contribution in [0.4, 0.5) is 0 Å². The van der Waals surface area contributed by atoms with E-state index in [0.717, 1.165) is 13.0 Å². The van der Waals surface area contributed by atoms with E-state index in [1.54, 1.807) is 13.0 Å². The average Bonchev–Trinajstić information content (AvgIpc) is 2.85. The summed E-state index contributed by atoms with van der Waals surface area (Å²) < 4.78 is 5.31. The predicted octanol–water partition coefficient (Wildman–Crippen LogP) is 3.57. The van der Waals surface area contributed by atoms with Gasteiger partial charge in [0.05, 0.1) is 6.54 Å². The van der Waals surface area contributed by atoms with Crippen LogP contribution >= 0.6 is 0 Å². The average molecular weight is 287 g/mol. The second kappa shape index (κ2) is 7.09. The van der Waals surface area contributed by atoms with Crippen molar-refractivity contribution in [3.8, 4) is 0 Å². The molecule has 21 heavy (non-hydrogen) atoms. The monoisotopic (exact) mass is 287 g/mol. The first-order chi connectivity index (χ1) is 10.1. The van der Waals surface area contributed by atoms with Crippen molar-refractivity contribution in [1.29, 1.82) is 0 Å². The highest BCUT2D eigenvalue weighted by molar-refractivity contribution is 5.86. The highest BCUT2D eigenvalue weighted by Gasteiger charge is 2.13. The van der Waals surface area contributed by atoms with Gasteiger partial charge in [-0.25, -0.2) is 4.79 Å². The summed E-state index contributed by atoms with van der Waals surface area (Å²) in [5.41, 5.74) is 2.00. The molecule has 2 N–H and O–H groups in total. The number of hydrogen-bond acceptors (Lipinski definition) is 3. The summed E-state index contributed by atoms with van der Waals surface area (Å²) in [6.07, 6.45) is 1.02. The summed E-state index contributed by atoms with van der Waals surface area (Å²) in [4.78, 5) is 10.9. The van der Waals surface area contributed by atoms with Crippen LogP contribution in [-0.2, 0) is 6.54 Å². The number of hydrogen-bond donors (Lipinski definition) is 2. The number of aromatic carboxylic acids is 1. The zero-order chi connectivity index (χ0) is 15.2. The van der Waals surface area contributed by atoms with Crippen LogP contribution in [0, 0.1) is 6.92 Å². The number of aryl methyl sites for hydroxylation is 1. The number of furan rings is 1. The minimum atomic E-state index is -1.02. The third-order valence-corrected chi connectivity index (χ3v) is 3.59. The quantitative estimate of drug-likeness (QED) is 0.764. The van der Waals surface area contributed by atoms with E-state index in [1.807, 2.05) is 6.07 Å². The van der Waals surface area contributed by atoms with E-state index in [0.29, 0.717) is 23.8 Å². The second-order valence-corrected chi connectivity index (χ2v) is 5.31. The third kappa shape index (κ3) is 4.20. The summed E-state index contributed by atoms with van der Waals surface area (Å²) in [7, 11) is 0. The van der Waals surface area contributed by atoms with Gasteiger partial charge in [-0.05, 0) is 37.4 Å². The molecule has 0 aliphatic rings. The maximum Gasteiger partial charge on any atom is 0.372 e. The number of nitrogens with one attached hydrogen (secondary N) is 1. The van der Waals surface area contributed by atoms with Gasteiger partial charge in [-0.2, -0.15) is 0 Å². The lowest BCUT2D eigenvalue weighted by Crippen LogP contribution is -2.16. The number of carboxylic acids is 1. The molecular weight excluding hydrogens is 266 g/mol. The molecule has 0 saturated carbocycles. The zero-order valence-electron chi connectivity index (χ0n) is 12.4. The standard InChI is InChI=1S/C17H21NO3/c1-12(14-6-4-3-5-7-14)8-9-18-11-15-10-13(2)16(21-15)17(19)20/h3-7,10,12,18H,8-9,11H2,1-2H3,(H,19,20). The Labute approximate surface area is 124 Å². The van der Waals surface area contributed by atoms with Gasteiger partial charge in [0.1, 0.15) is 5.76 Å². The van der Waals surface area contributed by atoms with Crippen LogP contribution in [0.15, 0.2) is 40.8 Å². The molecule has 1 atom stereocenters. The van der Waals surface area contributed by atoms with E-state index < -0.39 is 5.97 Å². The molecule has 1 aromatic carbocycles. The highest BCUT2D eigenvalue weighted by Crippen LogP contribution is 2.18. The van der Waals surface area contributed by atoms with Gasteiger partial charge in [-0.3, -0.25) is 0 Å². The van der Waals surface area contributed by atoms with Gasteiger partial charge in [0.15, 0.2) is 0 Å². The number of benzene rings is 1. The molecular formula is C17H21NO3. The first-order valence-corrected chi connectivity index (χ1v) is 7.16. The maximum absolute atomic E-state index is 10.9. The molecule has 0 saturated heterocycles. The molecule has 0 bridgehead atoms. The molecule has 1 unspecified atom stereocenters. The third-order valence-electron chi connectivity index (χ3n) is 3.59. The van der Waals surface area contributed by atoms with E-state index in [2.05, 4.69) is 36.5 Å². The molecule has 1 aromatic heterocycles. The minimum absolute atomic E-state index is 0.0319. The predicted molar refractivity (Wildman–Crippen MR) is 81.6 cm³/mol. The Balaban J connectivity index is 1.77. The summed E-state index contributed by atoms with van der Waals surface area (Å²) in [6, 6.07) is 12.2. The van der Waals surface area contributed by atoms with Crippen molar-refractivity contribution in [2.24, 2.45) is 0 Å². The second-order valence-electron chi connectivity index (χ2n) is 5.31. The largest absolute Gasteiger partial charge is 0.475 e. The number of carbonyl (C=O) groups is 1. The highest BCUT2D eigenvalue weighted by atomic mass is 16.4. The summed E-state index contributed by atoms with van der Waals surface area (Å²) in [5, 5.41) is 12.2. The van der Waals surface area contributed by atoms with Crippen molar-refractivity contribution in [2.75, 3.05) is 6.54 Å². The van der Waals surface area contributed by atoms with E-state index in [-0.39, 0.29) is 5.76 Å². The molecule has 0 aliphatic heterocycles. The van der Waals surface area contributed by atoms with Crippen molar-refractivity contribution >= 4 is 5.97 Å². The number of carboxylic acid groups (broad SMARTS) is 1. The topological polar surface area (TPSA) is 62.5 Å². The lowest BCUT2D eigenvalue weighted by Gasteiger charge is -2.11. The van der Waals surface area contributed by atoms with Crippen LogP contribution in [0.25, 0.3) is 0 Å². The van der Waals surface area contributed by atoms with E-state index >= 15 is 0 Å². The molecule has 0 fully saturated rings. The van der Waals surface area contributed by atoms with Gasteiger partial charge in [0, 0.05) is 5.56 Å². The lowest BCUT2D eigenvalue weighted by atomic mass is 9.98. The fourth-order valence-corrected chi connectivity index (χ4v) is 2.33. The maximum atomic E-state index is 10.9. The fraction of sp³-hybridized carbons (Fsp3) is 0.353. The Bertz CT molecular complexity index is 589. The van der Waals surface area contributed by atoms with Gasteiger partial charge in [0.25, 0.3) is 0 Å². The molecule has 0 aliphatic carbocycles. The van der Waals surface area contributed by atoms with Crippen LogP contribution in [0.1, 0.15) is 46.7 Å². The van der Waals surface area contributed by atoms with Gasteiger partial charge in [-0.15, -0.1) is 0 Å². The smallest absolute Gasteiger partial charge is 0.372 e. The Morgan fingerprint density at radius 2 is 2.05 bits per heavy atom. The molecule has 4 nitrogen and oxygen atoms in total. The van der Waals surface area contributed by atoms with Crippen molar-refractivity contribution in [1.82, 2.24) is 5.32 Å². The van der Waals surface area contributed by atoms with Gasteiger partial charge < -0.3 is 14.8 Å². The summed E-state index contributed by atoms with van der Waals surface area (Å²) in [6.45, 7) is 5.36. The number of rotatable bonds is 7. The van der Waals surface area contributed by atoms with Crippen LogP contribution in [0.5, 0.6) is 0 Å². The molecule has 2 rings (SSSR count). The van der Waals surface area contributed by atoms with Crippen molar-refractivity contribution in [3.05, 3.63) is 59.0 Å². The zero-order valence-corrected chi connectivity index (χ0v) is 12.4. The molecule has 2 aromatic rings. The van der Waals surface area contributed by atoms with Crippen LogP contribution in [-0.4, -0.2) is 17.6 Å². The molecule has 112 valence electrons. The summed E-state index contributed by atoms with van der Waals surface area (Å²) in [5.74, 6) is 0.171. The fourth-order valence-electron chi connectivity index (χ4n) is 2.33. The van der Waals surface area contributed by atoms with Crippen molar-refractivity contribution < 1.29 is 14.3 Å². The van der Waals surface area contributed by atoms with Gasteiger partial charge in [-0.1, -0.05) is 37.3 Å². The first kappa shape index (κ1) is 15.3. The Morgan fingerprint density at radius 1 is 1.33 bits per heavy atom. The van der Waals surface area contributed by atoms with Gasteiger partial charge in [0.2, 0.25) is 5.76 Å². The Kier molecular flexibility index (Phi) is 5.17. The molecule has 0 radical (unpaired) electrons. The SMILES string of the molecule is Cc1cc(CNCCC(C)c2ccccc2)oc1C(=O)O. The summed E-state index contributed by atoms with van der Waals surface area (Å²) >= 11 is 0. The lowest BCUT2D eigenvalue weighted by molar-refractivity contribution is 0.0659. The van der Waals surface area contributed by atoms with Crippen LogP contribution < -0.4 is 5.32 Å². The molecule has 1 heterocycles. The van der Waals surface area contributed by atoms with E-state index in [1.165, 1.54) is 5.56 Å². The van der Waals surface area contributed by atoms with Crippen LogP contribution in [0.3, 0.4) is 0 Å². The van der Waals surface area contributed by atoms with E-state index in [9.17, 15) is 4.79 Å². The van der Waals surface area contributed by atoms with Crippen molar-refractivity contribution in [3.63, 3.8) is 0 Å². The molecule has 0 spiro atoms. The normalized spacial score (nSPS) is 12.3. The first-order valence-electron chi connectivity index (χ1n) is 7.16. The Hall–Kier alpha value is -2.07. The van der Waals surface area contributed by atoms with Crippen molar-refractivity contribution in [2.45, 2.75) is 32.7 Å². The molecule has 4 heteroatoms.